The first-order valence-electron chi connectivity index (χ1n) is 26.1. The molecule has 4 heterocycles. The second-order valence-electron chi connectivity index (χ2n) is 20.4. The molecule has 3 aliphatic heterocycles. The number of aliphatic hydroxyl groups excluding tert-OH is 9. The van der Waals surface area contributed by atoms with Crippen LogP contribution in [0.3, 0.4) is 0 Å². The molecular weight excluding hydrogens is 991 g/mol. The summed E-state index contributed by atoms with van der Waals surface area (Å²) < 4.78 is 28.9. The van der Waals surface area contributed by atoms with Crippen molar-refractivity contribution in [2.75, 3.05) is 7.11 Å². The minimum atomic E-state index is -2.36. The molecule has 21 heteroatoms. The Morgan fingerprint density at radius 3 is 1.97 bits per heavy atom. The first-order chi connectivity index (χ1) is 36.0. The molecule has 76 heavy (non-hydrogen) atoms. The maximum atomic E-state index is 14.4. The molecule has 3 aliphatic rings. The second kappa shape index (κ2) is 31.7. The number of nitrogens with one attached hydrogen (secondary N) is 1. The van der Waals surface area contributed by atoms with Crippen molar-refractivity contribution >= 4 is 17.7 Å². The summed E-state index contributed by atoms with van der Waals surface area (Å²) in [4.78, 5) is 47.1. The lowest BCUT2D eigenvalue weighted by molar-refractivity contribution is -0.307. The molecule has 0 radical (unpaired) electrons. The standard InChI is InChI=1S/C55H83N3O18/c1-32-18-16-14-12-10-8-6-7-9-11-13-15-17-19-41(75-54-52(69)49(56)51(68)35(4)74-54)27-46-48(44(64)23-36(53(70)72-5)22-37-30-57-31-58-37)45(65)29-55(71,76-46)28-40(61)25-43(63)42(62)21-20-38(59)24-39(60)26-47(66)73-34(3)33(2)50(32)67/h6-19,30-36,38-43,45-46,48-52,54,59-63,65,67-69,71H,20-29,56H2,1-5H3,(H,57,58)/b7-6+,10-8+,11-9+,14-12+,15-13+,18-16+,19-17+/t32-,33-,34-,35+,36+,38+,39+,40-,41?,42+,43+,45-,46-,48+,49-,50+,51+,52-,54?,55+/m0/s1. The Labute approximate surface area is 444 Å². The quantitative estimate of drug-likeness (QED) is 0.163. The van der Waals surface area contributed by atoms with Crippen LogP contribution in [-0.2, 0) is 44.5 Å². The van der Waals surface area contributed by atoms with Crippen molar-refractivity contribution in [2.45, 2.75) is 189 Å². The molecule has 0 amide bonds. The van der Waals surface area contributed by atoms with E-state index in [2.05, 4.69) is 9.97 Å². The molecule has 20 atom stereocenters. The number of ketones is 1. The number of hydrogen-bond donors (Lipinski definition) is 12. The fraction of sp³-hybridized carbons (Fsp3) is 0.636. The molecule has 1 aromatic rings. The summed E-state index contributed by atoms with van der Waals surface area (Å²) >= 11 is 0. The zero-order valence-electron chi connectivity index (χ0n) is 44.0. The number of carbonyl (C=O) groups is 3. The van der Waals surface area contributed by atoms with E-state index < -0.39 is 165 Å². The van der Waals surface area contributed by atoms with Crippen LogP contribution in [0.15, 0.2) is 97.6 Å². The number of aromatic nitrogens is 2. The number of methoxy groups -OCH3 is 1. The van der Waals surface area contributed by atoms with Crippen molar-refractivity contribution in [1.82, 2.24) is 9.97 Å². The van der Waals surface area contributed by atoms with Gasteiger partial charge in [0.05, 0.1) is 105 Å². The van der Waals surface area contributed by atoms with Gasteiger partial charge in [-0.1, -0.05) is 98.9 Å². The molecule has 21 nitrogen and oxygen atoms in total. The van der Waals surface area contributed by atoms with E-state index in [9.17, 15) is 65.4 Å². The molecular formula is C55H83N3O18. The zero-order chi connectivity index (χ0) is 56.1. The van der Waals surface area contributed by atoms with Gasteiger partial charge in [0.25, 0.3) is 0 Å². The third-order valence-corrected chi connectivity index (χ3v) is 14.1. The summed E-state index contributed by atoms with van der Waals surface area (Å²) in [5, 5.41) is 111. The lowest BCUT2D eigenvalue weighted by Gasteiger charge is -2.46. The highest BCUT2D eigenvalue weighted by atomic mass is 16.7. The van der Waals surface area contributed by atoms with Crippen LogP contribution in [0, 0.1) is 23.7 Å². The van der Waals surface area contributed by atoms with Gasteiger partial charge < -0.3 is 85.5 Å². The molecule has 2 saturated heterocycles. The number of fused-ring (bicyclic) bond motifs is 2. The van der Waals surface area contributed by atoms with Gasteiger partial charge in [0.1, 0.15) is 18.0 Å². The van der Waals surface area contributed by atoms with E-state index in [4.69, 9.17) is 29.4 Å². The maximum Gasteiger partial charge on any atom is 0.309 e. The van der Waals surface area contributed by atoms with Crippen molar-refractivity contribution in [3.63, 3.8) is 0 Å². The molecule has 0 aliphatic carbocycles. The third-order valence-electron chi connectivity index (χ3n) is 14.1. The van der Waals surface area contributed by atoms with Gasteiger partial charge in [-0.2, -0.15) is 0 Å². The average Bonchev–Trinajstić information content (AvgIpc) is 3.88. The van der Waals surface area contributed by atoms with Gasteiger partial charge in [-0.25, -0.2) is 4.98 Å². The molecule has 2 unspecified atom stereocenters. The molecule has 0 spiro atoms. The molecule has 426 valence electrons. The fourth-order valence-electron chi connectivity index (χ4n) is 9.51. The SMILES string of the molecule is COC(=O)[C@@H](CC(=O)[C@H]1[C@@H]2CC(OC3O[C@H](C)[C@@H](O)[C@H](N)[C@@H]3O)/C=C/C=C/C=C/C=C/C=C/C=C/C=C/[C@H](C)[C@@H](O)[C@@H](C)[C@H](C)OC(=O)C[C@H](O)C[C@H](O)CC[C@@H](O)[C@H](O)C[C@H](O)C[C@](O)(C[C@@H]1O)O2)Cc1cnc[nH]1. The Morgan fingerprint density at radius 1 is 0.750 bits per heavy atom. The number of carbonyl (C=O) groups excluding carboxylic acids is 3. The van der Waals surface area contributed by atoms with E-state index in [0.717, 1.165) is 0 Å². The molecule has 0 aromatic carbocycles. The number of imidazole rings is 1. The van der Waals surface area contributed by atoms with Gasteiger partial charge in [0, 0.05) is 62.3 Å². The number of allylic oxidation sites excluding steroid dienone is 12. The minimum absolute atomic E-state index is 0.0256. The Kier molecular flexibility index (Phi) is 26.7. The van der Waals surface area contributed by atoms with Gasteiger partial charge in [-0.3, -0.25) is 14.4 Å². The van der Waals surface area contributed by atoms with E-state index in [1.54, 1.807) is 80.7 Å². The largest absolute Gasteiger partial charge is 0.469 e. The van der Waals surface area contributed by atoms with E-state index >= 15 is 0 Å². The third kappa shape index (κ3) is 20.7. The van der Waals surface area contributed by atoms with Crippen LogP contribution in [0.2, 0.25) is 0 Å². The van der Waals surface area contributed by atoms with Crippen LogP contribution in [-0.4, -0.2) is 183 Å². The summed E-state index contributed by atoms with van der Waals surface area (Å²) in [6, 6.07) is -1.18. The Morgan fingerprint density at radius 2 is 1.37 bits per heavy atom. The lowest BCUT2D eigenvalue weighted by Crippen LogP contribution is -2.61. The number of H-pyrrole nitrogens is 1. The molecule has 4 rings (SSSR count). The van der Waals surface area contributed by atoms with Gasteiger partial charge >= 0.3 is 11.9 Å². The van der Waals surface area contributed by atoms with Crippen molar-refractivity contribution in [3.05, 3.63) is 103 Å². The van der Waals surface area contributed by atoms with E-state index in [-0.39, 0.29) is 38.0 Å². The normalized spacial score (nSPS) is 41.0. The number of nitrogens with zero attached hydrogens (tertiary/aromatic N) is 1. The minimum Gasteiger partial charge on any atom is -0.469 e. The highest BCUT2D eigenvalue weighted by Gasteiger charge is 2.51. The monoisotopic (exact) mass is 1070 g/mol. The van der Waals surface area contributed by atoms with Gasteiger partial charge in [-0.15, -0.1) is 0 Å². The number of esters is 2. The average molecular weight is 1070 g/mol. The number of aliphatic hydroxyl groups is 10. The predicted octanol–water partition coefficient (Wildman–Crippen LogP) is 1.34. The number of ether oxygens (including phenoxy) is 5. The fourth-order valence-corrected chi connectivity index (χ4v) is 9.51. The Bertz CT molecular complexity index is 2130. The van der Waals surface area contributed by atoms with Crippen LogP contribution in [0.4, 0.5) is 0 Å². The predicted molar refractivity (Wildman–Crippen MR) is 277 cm³/mol. The van der Waals surface area contributed by atoms with Crippen molar-refractivity contribution < 1.29 is 89.1 Å². The summed E-state index contributed by atoms with van der Waals surface area (Å²) in [5.41, 5.74) is 6.67. The Balaban J connectivity index is 1.65. The van der Waals surface area contributed by atoms with Crippen molar-refractivity contribution in [3.8, 4) is 0 Å². The first kappa shape index (κ1) is 64.0. The van der Waals surface area contributed by atoms with Crippen LogP contribution in [0.5, 0.6) is 0 Å². The number of rotatable bonds is 8. The molecule has 13 N–H and O–H groups in total. The van der Waals surface area contributed by atoms with Crippen LogP contribution in [0.1, 0.15) is 91.2 Å². The topological polar surface area (TPSA) is 354 Å². The first-order valence-corrected chi connectivity index (χ1v) is 26.1. The lowest BCUT2D eigenvalue weighted by atomic mass is 9.78. The van der Waals surface area contributed by atoms with E-state index in [1.165, 1.54) is 26.6 Å². The number of Topliss-reactive ketones (excluding diaryl/α,β-unsaturated/α-hetero) is 1. The summed E-state index contributed by atoms with van der Waals surface area (Å²) in [6.45, 7) is 6.75. The smallest absolute Gasteiger partial charge is 0.309 e. The van der Waals surface area contributed by atoms with Gasteiger partial charge in [-0.05, 0) is 33.1 Å². The highest BCUT2D eigenvalue weighted by molar-refractivity contribution is 5.87. The number of hydrogen-bond acceptors (Lipinski definition) is 20. The van der Waals surface area contributed by atoms with Gasteiger partial charge in [0.15, 0.2) is 12.1 Å². The maximum absolute atomic E-state index is 14.4. The van der Waals surface area contributed by atoms with E-state index in [0.29, 0.717) is 5.69 Å². The summed E-state index contributed by atoms with van der Waals surface area (Å²) in [5.74, 6) is -7.67. The number of nitrogens with two attached hydrogens (primary N) is 1. The summed E-state index contributed by atoms with van der Waals surface area (Å²) in [6.07, 6.45) is 5.77. The van der Waals surface area contributed by atoms with Crippen molar-refractivity contribution in [1.29, 1.82) is 0 Å². The van der Waals surface area contributed by atoms with Crippen LogP contribution in [0.25, 0.3) is 0 Å². The van der Waals surface area contributed by atoms with Gasteiger partial charge in [0.2, 0.25) is 0 Å². The van der Waals surface area contributed by atoms with Crippen LogP contribution >= 0.6 is 0 Å². The zero-order valence-corrected chi connectivity index (χ0v) is 44.0. The van der Waals surface area contributed by atoms with E-state index in [1.807, 2.05) is 25.2 Å². The molecule has 2 fully saturated rings. The molecule has 0 saturated carbocycles. The second-order valence-corrected chi connectivity index (χ2v) is 20.4. The molecule has 1 aromatic heterocycles. The van der Waals surface area contributed by atoms with Crippen LogP contribution < -0.4 is 5.73 Å². The highest BCUT2D eigenvalue weighted by Crippen LogP contribution is 2.39. The summed E-state index contributed by atoms with van der Waals surface area (Å²) in [7, 11) is 1.17. The number of aromatic amines is 1. The molecule has 2 bridgehead atoms. The number of cyclic esters (lactones) is 1. The Hall–Kier alpha value is -4.56. The van der Waals surface area contributed by atoms with Crippen molar-refractivity contribution in [2.24, 2.45) is 29.4 Å².